The van der Waals surface area contributed by atoms with E-state index in [4.69, 9.17) is 10.6 Å². The van der Waals surface area contributed by atoms with Gasteiger partial charge in [0.2, 0.25) is 0 Å². The second-order valence-electron chi connectivity index (χ2n) is 4.89. The summed E-state index contributed by atoms with van der Waals surface area (Å²) in [5, 5.41) is 0.658. The summed E-state index contributed by atoms with van der Waals surface area (Å²) in [6.07, 6.45) is -5.27. The SMILES string of the molecule is CC(C)(C)OC(=O)N(N)c1ccc(C(F)(F)F)cc1. The van der Waals surface area contributed by atoms with Gasteiger partial charge in [0.1, 0.15) is 5.60 Å². The maximum Gasteiger partial charge on any atom is 0.429 e. The number of ether oxygens (including phenoxy) is 1. The van der Waals surface area contributed by atoms with E-state index >= 15 is 0 Å². The van der Waals surface area contributed by atoms with Crippen LogP contribution in [0.3, 0.4) is 0 Å². The maximum atomic E-state index is 12.4. The Balaban J connectivity index is 2.84. The van der Waals surface area contributed by atoms with E-state index in [9.17, 15) is 18.0 Å². The van der Waals surface area contributed by atoms with Gasteiger partial charge in [0.15, 0.2) is 0 Å². The molecule has 4 nitrogen and oxygen atoms in total. The van der Waals surface area contributed by atoms with Gasteiger partial charge >= 0.3 is 12.3 Å². The van der Waals surface area contributed by atoms with E-state index < -0.39 is 23.4 Å². The fourth-order valence-electron chi connectivity index (χ4n) is 1.23. The number of rotatable bonds is 1. The molecule has 0 aliphatic carbocycles. The van der Waals surface area contributed by atoms with Gasteiger partial charge < -0.3 is 4.74 Å². The molecule has 1 aromatic rings. The average molecular weight is 276 g/mol. The Morgan fingerprint density at radius 3 is 2.00 bits per heavy atom. The van der Waals surface area contributed by atoms with Gasteiger partial charge in [0, 0.05) is 0 Å². The Hall–Kier alpha value is -1.76. The lowest BCUT2D eigenvalue weighted by Crippen LogP contribution is -2.41. The molecule has 0 atom stereocenters. The Bertz CT molecular complexity index is 450. The fraction of sp³-hybridized carbons (Fsp3) is 0.417. The molecule has 1 amide bonds. The number of carbonyl (C=O) groups excluding carboxylic acids is 1. The van der Waals surface area contributed by atoms with Crippen LogP contribution < -0.4 is 10.9 Å². The Morgan fingerprint density at radius 1 is 1.16 bits per heavy atom. The number of halogens is 3. The van der Waals surface area contributed by atoms with Gasteiger partial charge in [-0.05, 0) is 45.0 Å². The lowest BCUT2D eigenvalue weighted by atomic mass is 10.2. The van der Waals surface area contributed by atoms with Crippen LogP contribution in [0.15, 0.2) is 24.3 Å². The summed E-state index contributed by atoms with van der Waals surface area (Å²) in [6, 6.07) is 3.90. The lowest BCUT2D eigenvalue weighted by molar-refractivity contribution is -0.137. The normalized spacial score (nSPS) is 12.2. The predicted octanol–water partition coefficient (Wildman–Crippen LogP) is 3.32. The first-order chi connectivity index (χ1) is 8.50. The summed E-state index contributed by atoms with van der Waals surface area (Å²) in [5.74, 6) is 5.48. The maximum absolute atomic E-state index is 12.4. The van der Waals surface area contributed by atoms with E-state index in [1.54, 1.807) is 20.8 Å². The zero-order chi connectivity index (χ0) is 14.8. The minimum absolute atomic E-state index is 0.113. The molecule has 1 aromatic carbocycles. The van der Waals surface area contributed by atoms with Gasteiger partial charge in [0.25, 0.3) is 0 Å². The van der Waals surface area contributed by atoms with Crippen molar-refractivity contribution in [2.45, 2.75) is 32.5 Å². The van der Waals surface area contributed by atoms with Crippen LogP contribution in [0.5, 0.6) is 0 Å². The van der Waals surface area contributed by atoms with E-state index in [1.165, 1.54) is 0 Å². The van der Waals surface area contributed by atoms with Crippen molar-refractivity contribution in [1.29, 1.82) is 0 Å². The molecule has 0 radical (unpaired) electrons. The number of anilines is 1. The summed E-state index contributed by atoms with van der Waals surface area (Å²) >= 11 is 0. The van der Waals surface area contributed by atoms with Crippen LogP contribution >= 0.6 is 0 Å². The van der Waals surface area contributed by atoms with E-state index in [-0.39, 0.29) is 5.69 Å². The predicted molar refractivity (Wildman–Crippen MR) is 64.3 cm³/mol. The van der Waals surface area contributed by atoms with Crippen LogP contribution in [0.25, 0.3) is 0 Å². The molecule has 1 rings (SSSR count). The highest BCUT2D eigenvalue weighted by molar-refractivity contribution is 5.86. The molecule has 106 valence electrons. The molecule has 0 aromatic heterocycles. The van der Waals surface area contributed by atoms with Crippen molar-refractivity contribution < 1.29 is 22.7 Å². The van der Waals surface area contributed by atoms with Gasteiger partial charge in [-0.1, -0.05) is 0 Å². The van der Waals surface area contributed by atoms with E-state index in [0.29, 0.717) is 5.01 Å². The largest absolute Gasteiger partial charge is 0.442 e. The molecular formula is C12H15F3N2O2. The van der Waals surface area contributed by atoms with Crippen LogP contribution in [-0.4, -0.2) is 11.7 Å². The number of carbonyl (C=O) groups is 1. The molecule has 19 heavy (non-hydrogen) atoms. The number of alkyl halides is 3. The molecule has 0 spiro atoms. The Labute approximate surface area is 108 Å². The molecule has 0 aliphatic rings. The average Bonchev–Trinajstić information content (AvgIpc) is 2.24. The van der Waals surface area contributed by atoms with Crippen molar-refractivity contribution in [1.82, 2.24) is 0 Å². The highest BCUT2D eigenvalue weighted by Crippen LogP contribution is 2.30. The number of hydrogen-bond acceptors (Lipinski definition) is 3. The second kappa shape index (κ2) is 5.08. The van der Waals surface area contributed by atoms with Gasteiger partial charge in [-0.3, -0.25) is 0 Å². The van der Waals surface area contributed by atoms with Gasteiger partial charge in [-0.15, -0.1) is 0 Å². The van der Waals surface area contributed by atoms with E-state index in [0.717, 1.165) is 24.3 Å². The number of nitrogens with two attached hydrogens (primary N) is 1. The molecule has 0 heterocycles. The number of amides is 1. The summed E-state index contributed by atoms with van der Waals surface area (Å²) < 4.78 is 42.1. The monoisotopic (exact) mass is 276 g/mol. The van der Waals surface area contributed by atoms with E-state index in [1.807, 2.05) is 0 Å². The third kappa shape index (κ3) is 4.44. The standard InChI is InChI=1S/C12H15F3N2O2/c1-11(2,3)19-10(18)17(16)9-6-4-8(5-7-9)12(13,14)15/h4-7H,16H2,1-3H3. The van der Waals surface area contributed by atoms with E-state index in [2.05, 4.69) is 0 Å². The minimum Gasteiger partial charge on any atom is -0.442 e. The highest BCUT2D eigenvalue weighted by atomic mass is 19.4. The van der Waals surface area contributed by atoms with Crippen molar-refractivity contribution in [3.05, 3.63) is 29.8 Å². The Morgan fingerprint density at radius 2 is 1.63 bits per heavy atom. The molecule has 0 aliphatic heterocycles. The molecular weight excluding hydrogens is 261 g/mol. The fourth-order valence-corrected chi connectivity index (χ4v) is 1.23. The van der Waals surface area contributed by atoms with Crippen LogP contribution in [0.4, 0.5) is 23.7 Å². The van der Waals surface area contributed by atoms with Crippen molar-refractivity contribution in [3.8, 4) is 0 Å². The smallest absolute Gasteiger partial charge is 0.429 e. The number of benzene rings is 1. The zero-order valence-electron chi connectivity index (χ0n) is 10.8. The Kier molecular flexibility index (Phi) is 4.09. The van der Waals surface area contributed by atoms with Crippen molar-refractivity contribution >= 4 is 11.8 Å². The van der Waals surface area contributed by atoms with Crippen molar-refractivity contribution in [3.63, 3.8) is 0 Å². The number of nitrogens with zero attached hydrogens (tertiary/aromatic N) is 1. The van der Waals surface area contributed by atoms with Gasteiger partial charge in [0.05, 0.1) is 11.3 Å². The number of hydrazine groups is 1. The molecule has 0 saturated heterocycles. The summed E-state index contributed by atoms with van der Waals surface area (Å²) in [4.78, 5) is 11.6. The highest BCUT2D eigenvalue weighted by Gasteiger charge is 2.30. The summed E-state index contributed by atoms with van der Waals surface area (Å²) in [6.45, 7) is 4.97. The molecule has 0 saturated carbocycles. The quantitative estimate of drug-likeness (QED) is 0.486. The molecule has 0 fully saturated rings. The number of hydrogen-bond donors (Lipinski definition) is 1. The zero-order valence-corrected chi connectivity index (χ0v) is 10.8. The second-order valence-corrected chi connectivity index (χ2v) is 4.89. The van der Waals surface area contributed by atoms with Crippen LogP contribution in [-0.2, 0) is 10.9 Å². The first kappa shape index (κ1) is 15.3. The molecule has 0 unspecified atom stereocenters. The minimum atomic E-state index is -4.43. The topological polar surface area (TPSA) is 55.6 Å². The summed E-state index contributed by atoms with van der Waals surface area (Å²) in [5.41, 5.74) is -1.43. The molecule has 7 heteroatoms. The summed E-state index contributed by atoms with van der Waals surface area (Å²) in [7, 11) is 0. The first-order valence-electron chi connectivity index (χ1n) is 5.46. The molecule has 0 bridgehead atoms. The lowest BCUT2D eigenvalue weighted by Gasteiger charge is -2.24. The van der Waals surface area contributed by atoms with Crippen molar-refractivity contribution in [2.75, 3.05) is 5.01 Å². The van der Waals surface area contributed by atoms with Crippen LogP contribution in [0.2, 0.25) is 0 Å². The third-order valence-corrected chi connectivity index (χ3v) is 2.06. The van der Waals surface area contributed by atoms with Crippen molar-refractivity contribution in [2.24, 2.45) is 5.84 Å². The van der Waals surface area contributed by atoms with Crippen LogP contribution in [0.1, 0.15) is 26.3 Å². The van der Waals surface area contributed by atoms with Gasteiger partial charge in [-0.25, -0.2) is 15.6 Å². The molecule has 2 N–H and O–H groups in total. The van der Waals surface area contributed by atoms with Crippen LogP contribution in [0, 0.1) is 0 Å². The first-order valence-corrected chi connectivity index (χ1v) is 5.46. The van der Waals surface area contributed by atoms with Gasteiger partial charge in [-0.2, -0.15) is 13.2 Å². The third-order valence-electron chi connectivity index (χ3n) is 2.06.